The van der Waals surface area contributed by atoms with Crippen LogP contribution in [0.15, 0.2) is 60.9 Å². The third-order valence-electron chi connectivity index (χ3n) is 5.73. The molecule has 0 N–H and O–H groups in total. The first-order valence-electron chi connectivity index (χ1n) is 11.8. The molecule has 0 fully saturated rings. The average molecular weight is 500 g/mol. The van der Waals surface area contributed by atoms with Gasteiger partial charge in [-0.3, -0.25) is 9.13 Å². The van der Waals surface area contributed by atoms with Crippen molar-refractivity contribution in [1.82, 2.24) is 9.13 Å². The molecular formula is C28H25N3O6. The van der Waals surface area contributed by atoms with Crippen LogP contribution in [0.25, 0.3) is 33.0 Å². The quantitative estimate of drug-likeness (QED) is 0.147. The SMILES string of the molecule is CCOC(=O)/C(=C(\C#N)c1cn(C(=O)OCC)c2ccccc12)c1cn(C(=O)OCC)c2ccccc12. The Kier molecular flexibility index (Phi) is 7.39. The number of para-hydroxylation sites is 2. The van der Waals surface area contributed by atoms with Crippen LogP contribution in [0.3, 0.4) is 0 Å². The Morgan fingerprint density at radius 3 is 1.68 bits per heavy atom. The third kappa shape index (κ3) is 4.57. The number of rotatable bonds is 6. The molecule has 2 aromatic heterocycles. The standard InChI is InChI=1S/C28H25N3O6/c1-4-35-26(32)25(22-17-31(28(34)37-6-3)24-14-10-8-12-19(22)24)20(15-29)21-16-30(27(33)36-5-2)23-13-9-7-11-18(21)23/h7-14,16-17H,4-6H2,1-3H3/b25-20+. The molecule has 188 valence electrons. The van der Waals surface area contributed by atoms with Crippen molar-refractivity contribution >= 4 is 51.1 Å². The fraction of sp³-hybridized carbons (Fsp3) is 0.214. The molecule has 0 spiro atoms. The number of ether oxygens (including phenoxy) is 3. The summed E-state index contributed by atoms with van der Waals surface area (Å²) in [4.78, 5) is 38.8. The number of esters is 1. The van der Waals surface area contributed by atoms with Crippen LogP contribution in [-0.4, -0.2) is 47.1 Å². The Bertz CT molecular complexity index is 1580. The number of hydrogen-bond acceptors (Lipinski definition) is 7. The molecule has 0 saturated heterocycles. The highest BCUT2D eigenvalue weighted by Crippen LogP contribution is 2.37. The minimum atomic E-state index is -0.737. The second-order valence-corrected chi connectivity index (χ2v) is 7.84. The third-order valence-corrected chi connectivity index (χ3v) is 5.73. The van der Waals surface area contributed by atoms with Gasteiger partial charge in [0.1, 0.15) is 6.07 Å². The smallest absolute Gasteiger partial charge is 0.418 e. The summed E-state index contributed by atoms with van der Waals surface area (Å²) in [7, 11) is 0. The van der Waals surface area contributed by atoms with Crippen LogP contribution in [0.5, 0.6) is 0 Å². The topological polar surface area (TPSA) is 113 Å². The van der Waals surface area contributed by atoms with Crippen molar-refractivity contribution in [2.45, 2.75) is 20.8 Å². The molecule has 0 unspecified atom stereocenters. The highest BCUT2D eigenvalue weighted by Gasteiger charge is 2.28. The summed E-state index contributed by atoms with van der Waals surface area (Å²) in [6, 6.07) is 16.1. The fourth-order valence-corrected chi connectivity index (χ4v) is 4.25. The van der Waals surface area contributed by atoms with Gasteiger partial charge < -0.3 is 14.2 Å². The normalized spacial score (nSPS) is 11.6. The second-order valence-electron chi connectivity index (χ2n) is 7.84. The minimum Gasteiger partial charge on any atom is -0.462 e. The Labute approximate surface area is 213 Å². The number of nitriles is 1. The number of carbonyl (C=O) groups excluding carboxylic acids is 3. The maximum Gasteiger partial charge on any atom is 0.418 e. The van der Waals surface area contributed by atoms with Crippen LogP contribution < -0.4 is 0 Å². The molecule has 37 heavy (non-hydrogen) atoms. The molecule has 0 aliphatic carbocycles. The highest BCUT2D eigenvalue weighted by molar-refractivity contribution is 6.30. The van der Waals surface area contributed by atoms with Gasteiger partial charge in [0.25, 0.3) is 0 Å². The number of hydrogen-bond donors (Lipinski definition) is 0. The van der Waals surface area contributed by atoms with Gasteiger partial charge >= 0.3 is 18.2 Å². The van der Waals surface area contributed by atoms with Crippen LogP contribution in [0, 0.1) is 11.3 Å². The minimum absolute atomic E-state index is 0.00976. The Hall–Kier alpha value is -4.84. The summed E-state index contributed by atoms with van der Waals surface area (Å²) in [5, 5.41) is 11.5. The predicted octanol–water partition coefficient (Wildman–Crippen LogP) is 5.60. The van der Waals surface area contributed by atoms with E-state index in [1.807, 2.05) is 0 Å². The van der Waals surface area contributed by atoms with Crippen molar-refractivity contribution in [3.63, 3.8) is 0 Å². The van der Waals surface area contributed by atoms with Gasteiger partial charge in [0.15, 0.2) is 0 Å². The molecule has 0 atom stereocenters. The maximum absolute atomic E-state index is 13.4. The molecule has 4 aromatic rings. The van der Waals surface area contributed by atoms with E-state index >= 15 is 0 Å². The number of carbonyl (C=O) groups is 3. The number of benzene rings is 2. The number of nitrogens with zero attached hydrogens (tertiary/aromatic N) is 3. The Morgan fingerprint density at radius 1 is 0.730 bits per heavy atom. The zero-order valence-corrected chi connectivity index (χ0v) is 20.7. The van der Waals surface area contributed by atoms with Gasteiger partial charge in [0.05, 0.1) is 42.0 Å². The lowest BCUT2D eigenvalue weighted by atomic mass is 9.94. The van der Waals surface area contributed by atoms with Gasteiger partial charge in [-0.1, -0.05) is 36.4 Å². The fourth-order valence-electron chi connectivity index (χ4n) is 4.25. The van der Waals surface area contributed by atoms with Crippen molar-refractivity contribution in [3.8, 4) is 6.07 Å². The lowest BCUT2D eigenvalue weighted by Crippen LogP contribution is -2.13. The van der Waals surface area contributed by atoms with Gasteiger partial charge in [-0.15, -0.1) is 0 Å². The first kappa shape index (κ1) is 25.3. The Balaban J connectivity index is 2.08. The van der Waals surface area contributed by atoms with Gasteiger partial charge in [-0.25, -0.2) is 14.4 Å². The molecule has 4 rings (SSSR count). The van der Waals surface area contributed by atoms with E-state index < -0.39 is 18.2 Å². The van der Waals surface area contributed by atoms with Gasteiger partial charge in [-0.2, -0.15) is 5.26 Å². The maximum atomic E-state index is 13.4. The van der Waals surface area contributed by atoms with Crippen LogP contribution in [0.4, 0.5) is 9.59 Å². The van der Waals surface area contributed by atoms with Gasteiger partial charge in [0.2, 0.25) is 0 Å². The summed E-state index contributed by atoms with van der Waals surface area (Å²) in [5.74, 6) is -0.737. The molecule has 0 amide bonds. The Morgan fingerprint density at radius 2 is 1.19 bits per heavy atom. The van der Waals surface area contributed by atoms with Crippen molar-refractivity contribution in [2.24, 2.45) is 0 Å². The lowest BCUT2D eigenvalue weighted by Gasteiger charge is -2.09. The van der Waals surface area contributed by atoms with Crippen molar-refractivity contribution < 1.29 is 28.6 Å². The second kappa shape index (κ2) is 10.8. The zero-order chi connectivity index (χ0) is 26.5. The van der Waals surface area contributed by atoms with E-state index in [2.05, 4.69) is 6.07 Å². The van der Waals surface area contributed by atoms with Crippen LogP contribution in [0.1, 0.15) is 31.9 Å². The number of aromatic nitrogens is 2. The molecule has 0 aliphatic rings. The molecule has 2 aromatic carbocycles. The van der Waals surface area contributed by atoms with E-state index in [4.69, 9.17) is 14.2 Å². The van der Waals surface area contributed by atoms with Gasteiger partial charge in [-0.05, 0) is 32.9 Å². The summed E-state index contributed by atoms with van der Waals surface area (Å²) < 4.78 is 18.3. The first-order valence-corrected chi connectivity index (χ1v) is 11.8. The summed E-state index contributed by atoms with van der Waals surface area (Å²) in [5.41, 5.74) is 1.65. The van der Waals surface area contributed by atoms with E-state index in [0.29, 0.717) is 32.9 Å². The van der Waals surface area contributed by atoms with Crippen LogP contribution in [0.2, 0.25) is 0 Å². The van der Waals surface area contributed by atoms with Crippen molar-refractivity contribution in [2.75, 3.05) is 19.8 Å². The van der Waals surface area contributed by atoms with E-state index in [-0.39, 0.29) is 31.0 Å². The largest absolute Gasteiger partial charge is 0.462 e. The van der Waals surface area contributed by atoms with Crippen molar-refractivity contribution in [1.29, 1.82) is 5.26 Å². The predicted molar refractivity (Wildman–Crippen MR) is 138 cm³/mol. The molecule has 0 saturated carbocycles. The molecule has 2 heterocycles. The molecule has 0 aliphatic heterocycles. The number of fused-ring (bicyclic) bond motifs is 2. The first-order chi connectivity index (χ1) is 18.0. The van der Waals surface area contributed by atoms with Crippen molar-refractivity contribution in [3.05, 3.63) is 72.1 Å². The van der Waals surface area contributed by atoms with Gasteiger partial charge in [0, 0.05) is 34.3 Å². The summed E-state index contributed by atoms with van der Waals surface area (Å²) in [6.07, 6.45) is 1.71. The highest BCUT2D eigenvalue weighted by atomic mass is 16.6. The summed E-state index contributed by atoms with van der Waals surface area (Å²) >= 11 is 0. The molecular weight excluding hydrogens is 474 g/mol. The monoisotopic (exact) mass is 499 g/mol. The number of allylic oxidation sites excluding steroid dienone is 1. The van der Waals surface area contributed by atoms with E-state index in [0.717, 1.165) is 0 Å². The molecule has 9 nitrogen and oxygen atoms in total. The molecule has 0 radical (unpaired) electrons. The molecule has 0 bridgehead atoms. The van der Waals surface area contributed by atoms with Crippen LogP contribution >= 0.6 is 0 Å². The lowest BCUT2D eigenvalue weighted by molar-refractivity contribution is -0.136. The van der Waals surface area contributed by atoms with E-state index in [1.165, 1.54) is 21.5 Å². The summed E-state index contributed by atoms with van der Waals surface area (Å²) in [6.45, 7) is 5.46. The van der Waals surface area contributed by atoms with E-state index in [9.17, 15) is 19.6 Å². The zero-order valence-electron chi connectivity index (χ0n) is 20.7. The van der Waals surface area contributed by atoms with Crippen LogP contribution in [-0.2, 0) is 19.0 Å². The molecule has 9 heteroatoms. The average Bonchev–Trinajstić information content (AvgIpc) is 3.47. The van der Waals surface area contributed by atoms with E-state index in [1.54, 1.807) is 69.3 Å².